The first-order valence-electron chi connectivity index (χ1n) is 7.11. The Balaban J connectivity index is 2.77. The van der Waals surface area contributed by atoms with Gasteiger partial charge in [-0.1, -0.05) is 0 Å². The second-order valence-corrected chi connectivity index (χ2v) is 6.37. The fourth-order valence-electron chi connectivity index (χ4n) is 2.44. The Morgan fingerprint density at radius 2 is 1.92 bits per heavy atom. The normalized spacial score (nSPS) is 14.2. The number of imidazole rings is 1. The lowest BCUT2D eigenvalue weighted by atomic mass is 10.4. The van der Waals surface area contributed by atoms with Crippen molar-refractivity contribution >= 4 is 24.6 Å². The van der Waals surface area contributed by atoms with Crippen LogP contribution >= 0.6 is 7.60 Å². The highest BCUT2D eigenvalue weighted by Gasteiger charge is 2.54. The first kappa shape index (κ1) is 18.7. The highest BCUT2D eigenvalue weighted by molar-refractivity contribution is 7.52. The maximum atomic E-state index is 12.0. The topological polar surface area (TPSA) is 155 Å². The molecule has 0 aromatic carbocycles. The molecule has 0 saturated heterocycles. The molecule has 0 spiro atoms. The van der Waals surface area contributed by atoms with Gasteiger partial charge in [0.05, 0.1) is 0 Å². The number of rotatable bonds is 8. The number of ether oxygens (including phenoxy) is 3. The van der Waals surface area contributed by atoms with Gasteiger partial charge < -0.3 is 29.7 Å². The molecule has 11 nitrogen and oxygen atoms in total. The Morgan fingerprint density at radius 3 is 2.42 bits per heavy atom. The van der Waals surface area contributed by atoms with E-state index < -0.39 is 19.4 Å². The second-order valence-electron chi connectivity index (χ2n) is 4.72. The average molecular weight is 361 g/mol. The molecule has 12 heteroatoms. The number of aromatic nitrogens is 4. The quantitative estimate of drug-likeness (QED) is 0.440. The molecule has 1 atom stereocenters. The smallest absolute Gasteiger partial charge is 0.361 e. The van der Waals surface area contributed by atoms with Crippen LogP contribution in [-0.2, 0) is 24.7 Å². The lowest BCUT2D eigenvalue weighted by molar-refractivity contribution is -0.322. The summed E-state index contributed by atoms with van der Waals surface area (Å²) in [7, 11) is -3.63. The molecular formula is C12H20N5O6P. The summed E-state index contributed by atoms with van der Waals surface area (Å²) in [5.41, 5.74) is 6.21. The number of fused-ring (bicyclic) bond motifs is 1. The summed E-state index contributed by atoms with van der Waals surface area (Å²) < 4.78 is 29.5. The van der Waals surface area contributed by atoms with Gasteiger partial charge in [-0.2, -0.15) is 0 Å². The molecule has 2 rings (SSSR count). The molecule has 4 N–H and O–H groups in total. The summed E-state index contributed by atoms with van der Waals surface area (Å²) in [5.74, 6) is -3.61. The van der Waals surface area contributed by atoms with Crippen molar-refractivity contribution in [2.75, 3.05) is 26.1 Å². The zero-order chi connectivity index (χ0) is 18.0. The predicted octanol–water partition coefficient (Wildman–Crippen LogP) is 0.242. The van der Waals surface area contributed by atoms with Crippen molar-refractivity contribution in [2.24, 2.45) is 0 Å². The third-order valence-corrected chi connectivity index (χ3v) is 4.39. The monoisotopic (exact) mass is 361 g/mol. The van der Waals surface area contributed by atoms with Gasteiger partial charge in [0.2, 0.25) is 5.85 Å². The molecule has 0 amide bonds. The lowest BCUT2D eigenvalue weighted by Gasteiger charge is -2.39. The van der Waals surface area contributed by atoms with E-state index in [1.807, 2.05) is 0 Å². The molecule has 0 saturated carbocycles. The van der Waals surface area contributed by atoms with Crippen molar-refractivity contribution in [1.82, 2.24) is 19.5 Å². The van der Waals surface area contributed by atoms with Gasteiger partial charge >= 0.3 is 7.60 Å². The Labute approximate surface area is 137 Å². The van der Waals surface area contributed by atoms with E-state index in [-0.39, 0.29) is 30.2 Å². The molecule has 0 fully saturated rings. The second kappa shape index (κ2) is 7.09. The fourth-order valence-corrected chi connectivity index (χ4v) is 3.41. The van der Waals surface area contributed by atoms with Crippen LogP contribution in [0.4, 0.5) is 5.82 Å². The summed E-state index contributed by atoms with van der Waals surface area (Å²) in [6, 6.07) is 0. The van der Waals surface area contributed by atoms with Gasteiger partial charge in [-0.05, 0) is 13.8 Å². The summed E-state index contributed by atoms with van der Waals surface area (Å²) in [6.45, 7) is 3.48. The minimum absolute atomic E-state index is 0.0834. The summed E-state index contributed by atoms with van der Waals surface area (Å²) in [5, 5.41) is 0. The van der Waals surface area contributed by atoms with Crippen molar-refractivity contribution < 1.29 is 28.6 Å². The van der Waals surface area contributed by atoms with Gasteiger partial charge in [-0.15, -0.1) is 0 Å². The minimum Gasteiger partial charge on any atom is -0.382 e. The minimum atomic E-state index is -4.78. The van der Waals surface area contributed by atoms with Crippen LogP contribution < -0.4 is 5.73 Å². The highest BCUT2D eigenvalue weighted by atomic mass is 31.2. The average Bonchev–Trinajstić information content (AvgIpc) is 2.92. The number of hydrogen-bond donors (Lipinski definition) is 3. The molecule has 1 unspecified atom stereocenters. The predicted molar refractivity (Wildman–Crippen MR) is 83.8 cm³/mol. The molecule has 2 aromatic heterocycles. The molecule has 0 aliphatic heterocycles. The number of methoxy groups -OCH3 is 1. The van der Waals surface area contributed by atoms with Gasteiger partial charge in [0.1, 0.15) is 18.2 Å². The SMILES string of the molecule is CCOC(OCC)(C(OC)P(=O)(O)O)n1cnc2c(N)ncnc21. The number of nitrogens with zero attached hydrogens (tertiary/aromatic N) is 4. The Morgan fingerprint density at radius 1 is 1.29 bits per heavy atom. The van der Waals surface area contributed by atoms with Crippen molar-refractivity contribution in [3.05, 3.63) is 12.7 Å². The van der Waals surface area contributed by atoms with Crippen LogP contribution in [0.5, 0.6) is 0 Å². The molecule has 24 heavy (non-hydrogen) atoms. The first-order valence-corrected chi connectivity index (χ1v) is 8.79. The van der Waals surface area contributed by atoms with Gasteiger partial charge in [0, 0.05) is 20.3 Å². The van der Waals surface area contributed by atoms with Crippen LogP contribution in [0, 0.1) is 0 Å². The Kier molecular flexibility index (Phi) is 5.53. The van der Waals surface area contributed by atoms with Crippen LogP contribution in [0.3, 0.4) is 0 Å². The number of nitrogens with two attached hydrogens (primary N) is 1. The number of anilines is 1. The van der Waals surface area contributed by atoms with E-state index in [0.717, 1.165) is 7.11 Å². The van der Waals surface area contributed by atoms with Crippen molar-refractivity contribution in [3.8, 4) is 0 Å². The van der Waals surface area contributed by atoms with Crippen LogP contribution in [0.15, 0.2) is 12.7 Å². The molecule has 2 aromatic rings. The highest BCUT2D eigenvalue weighted by Crippen LogP contribution is 2.51. The van der Waals surface area contributed by atoms with E-state index in [9.17, 15) is 14.4 Å². The summed E-state index contributed by atoms with van der Waals surface area (Å²) in [4.78, 5) is 31.5. The molecule has 2 heterocycles. The molecule has 134 valence electrons. The van der Waals surface area contributed by atoms with Crippen molar-refractivity contribution in [3.63, 3.8) is 0 Å². The maximum Gasteiger partial charge on any atom is 0.361 e. The summed E-state index contributed by atoms with van der Waals surface area (Å²) >= 11 is 0. The third kappa shape index (κ3) is 3.14. The molecule has 0 aliphatic rings. The molecule has 0 bridgehead atoms. The zero-order valence-electron chi connectivity index (χ0n) is 13.5. The van der Waals surface area contributed by atoms with Gasteiger partial charge in [0.25, 0.3) is 5.91 Å². The van der Waals surface area contributed by atoms with Crippen LogP contribution in [0.2, 0.25) is 0 Å². The standard InChI is InChI=1S/C12H20N5O6P/c1-4-22-12(23-5-2,11(21-3)24(18,19)20)17-7-16-8-9(13)14-6-15-10(8)17/h6-7,11H,4-5H2,1-3H3,(H2,13,14,15)(H2,18,19,20). The molecule has 0 aliphatic carbocycles. The van der Waals surface area contributed by atoms with Crippen LogP contribution in [0.1, 0.15) is 13.8 Å². The van der Waals surface area contributed by atoms with Crippen LogP contribution in [-0.4, -0.2) is 55.5 Å². The maximum absolute atomic E-state index is 12.0. The molecule has 0 radical (unpaired) electrons. The number of nitrogen functional groups attached to an aromatic ring is 1. The lowest BCUT2D eigenvalue weighted by Crippen LogP contribution is -2.50. The van der Waals surface area contributed by atoms with Crippen molar-refractivity contribution in [1.29, 1.82) is 0 Å². The van der Waals surface area contributed by atoms with Gasteiger partial charge in [-0.25, -0.2) is 15.0 Å². The van der Waals surface area contributed by atoms with E-state index in [1.54, 1.807) is 13.8 Å². The zero-order valence-corrected chi connectivity index (χ0v) is 14.4. The van der Waals surface area contributed by atoms with Gasteiger partial charge in [0.15, 0.2) is 11.5 Å². The van der Waals surface area contributed by atoms with E-state index >= 15 is 0 Å². The van der Waals surface area contributed by atoms with E-state index in [0.29, 0.717) is 0 Å². The van der Waals surface area contributed by atoms with E-state index in [1.165, 1.54) is 17.2 Å². The van der Waals surface area contributed by atoms with E-state index in [4.69, 9.17) is 19.9 Å². The largest absolute Gasteiger partial charge is 0.382 e. The fraction of sp³-hybridized carbons (Fsp3) is 0.583. The molecular weight excluding hydrogens is 341 g/mol. The summed E-state index contributed by atoms with van der Waals surface area (Å²) in [6.07, 6.45) is 2.47. The Bertz CT molecular complexity index is 741. The third-order valence-electron chi connectivity index (χ3n) is 3.24. The van der Waals surface area contributed by atoms with Crippen LogP contribution in [0.25, 0.3) is 11.2 Å². The van der Waals surface area contributed by atoms with Crippen molar-refractivity contribution in [2.45, 2.75) is 25.6 Å². The Hall–Kier alpha value is -1.62. The first-order chi connectivity index (χ1) is 11.3. The van der Waals surface area contributed by atoms with E-state index in [2.05, 4.69) is 15.0 Å². The van der Waals surface area contributed by atoms with Gasteiger partial charge in [-0.3, -0.25) is 9.13 Å². The number of hydrogen-bond acceptors (Lipinski definition) is 8.